The summed E-state index contributed by atoms with van der Waals surface area (Å²) in [4.78, 5) is 27.2. The molecule has 0 saturated heterocycles. The number of hydrogen-bond acceptors (Lipinski definition) is 7. The first-order chi connectivity index (χ1) is 12.3. The molecule has 0 spiro atoms. The number of carbonyl (C=O) groups is 1. The Balaban J connectivity index is 2.92. The fourth-order valence-corrected chi connectivity index (χ4v) is 2.08. The van der Waals surface area contributed by atoms with Crippen molar-refractivity contribution in [3.63, 3.8) is 0 Å². The van der Waals surface area contributed by atoms with Gasteiger partial charge in [-0.15, -0.1) is 0 Å². The van der Waals surface area contributed by atoms with Gasteiger partial charge in [0.2, 0.25) is 0 Å². The molecule has 0 saturated carbocycles. The van der Waals surface area contributed by atoms with E-state index in [9.17, 15) is 19.1 Å². The minimum atomic E-state index is -1.46. The molecule has 0 radical (unpaired) electrons. The van der Waals surface area contributed by atoms with Gasteiger partial charge in [0.1, 0.15) is 6.10 Å². The van der Waals surface area contributed by atoms with Crippen LogP contribution in [0.1, 0.15) is 46.3 Å². The molecule has 0 fully saturated rings. The molecule has 26 heavy (non-hydrogen) atoms. The molecule has 1 amide bonds. The third-order valence-corrected chi connectivity index (χ3v) is 3.31. The summed E-state index contributed by atoms with van der Waals surface area (Å²) < 4.78 is 25.1. The maximum absolute atomic E-state index is 14.2. The van der Waals surface area contributed by atoms with Gasteiger partial charge in [0.25, 0.3) is 0 Å². The summed E-state index contributed by atoms with van der Waals surface area (Å²) in [5.41, 5.74) is -0.967. The maximum Gasteiger partial charge on any atom is 0.412 e. The zero-order chi connectivity index (χ0) is 19.7. The van der Waals surface area contributed by atoms with Gasteiger partial charge in [-0.2, -0.15) is 4.98 Å². The van der Waals surface area contributed by atoms with Crippen molar-refractivity contribution in [2.75, 3.05) is 18.5 Å². The predicted molar refractivity (Wildman–Crippen MR) is 91.3 cm³/mol. The van der Waals surface area contributed by atoms with Crippen molar-refractivity contribution in [3.8, 4) is 0 Å². The van der Waals surface area contributed by atoms with Crippen LogP contribution in [0, 0.1) is 5.82 Å². The van der Waals surface area contributed by atoms with Crippen LogP contribution in [0.2, 0.25) is 0 Å². The lowest BCUT2D eigenvalue weighted by Crippen LogP contribution is -2.39. The van der Waals surface area contributed by atoms with E-state index < -0.39 is 48.5 Å². The zero-order valence-electron chi connectivity index (χ0n) is 15.1. The first-order valence-corrected chi connectivity index (χ1v) is 8.47. The third-order valence-electron chi connectivity index (χ3n) is 3.31. The highest BCUT2D eigenvalue weighted by atomic mass is 19.1. The highest BCUT2D eigenvalue weighted by Crippen LogP contribution is 2.17. The smallest absolute Gasteiger partial charge is 0.412 e. The predicted octanol–water partition coefficient (Wildman–Crippen LogP) is 1.40. The van der Waals surface area contributed by atoms with E-state index in [1.54, 1.807) is 13.8 Å². The Hall–Kier alpha value is -2.04. The number of carbonyl (C=O) groups excluding carboxylic acids is 1. The Morgan fingerprint density at radius 1 is 1.42 bits per heavy atom. The number of anilines is 1. The van der Waals surface area contributed by atoms with E-state index in [1.807, 2.05) is 6.92 Å². The van der Waals surface area contributed by atoms with E-state index in [2.05, 4.69) is 10.3 Å². The molecule has 1 aromatic heterocycles. The molecule has 1 aromatic rings. The molecular formula is C16H26FN3O6. The lowest BCUT2D eigenvalue weighted by atomic mass is 10.3. The van der Waals surface area contributed by atoms with E-state index in [4.69, 9.17) is 14.6 Å². The second-order valence-electron chi connectivity index (χ2n) is 5.92. The number of aliphatic hydroxyl groups is 2. The molecule has 2 atom stereocenters. The number of rotatable bonds is 10. The molecule has 0 aliphatic heterocycles. The fraction of sp³-hybridized carbons (Fsp3) is 0.688. The Morgan fingerprint density at radius 2 is 2.12 bits per heavy atom. The molecule has 10 heteroatoms. The van der Waals surface area contributed by atoms with Crippen LogP contribution in [0.15, 0.2) is 11.0 Å². The van der Waals surface area contributed by atoms with Crippen LogP contribution in [0.5, 0.6) is 0 Å². The molecule has 1 unspecified atom stereocenters. The second-order valence-corrected chi connectivity index (χ2v) is 5.92. The highest BCUT2D eigenvalue weighted by Gasteiger charge is 2.25. The van der Waals surface area contributed by atoms with E-state index in [0.29, 0.717) is 11.0 Å². The average molecular weight is 375 g/mol. The van der Waals surface area contributed by atoms with Crippen molar-refractivity contribution in [1.29, 1.82) is 0 Å². The minimum Gasteiger partial charge on any atom is -0.449 e. The van der Waals surface area contributed by atoms with Crippen molar-refractivity contribution >= 4 is 11.9 Å². The van der Waals surface area contributed by atoms with Gasteiger partial charge in [-0.25, -0.2) is 14.0 Å². The van der Waals surface area contributed by atoms with Crippen LogP contribution in [0.25, 0.3) is 0 Å². The fourth-order valence-electron chi connectivity index (χ4n) is 2.08. The molecule has 0 aromatic carbocycles. The zero-order valence-corrected chi connectivity index (χ0v) is 15.1. The first kappa shape index (κ1) is 22.0. The van der Waals surface area contributed by atoms with Gasteiger partial charge in [-0.3, -0.25) is 9.88 Å². The first-order valence-electron chi connectivity index (χ1n) is 8.47. The molecule has 9 nitrogen and oxygen atoms in total. The maximum atomic E-state index is 14.2. The summed E-state index contributed by atoms with van der Waals surface area (Å²) in [6.07, 6.45) is -0.855. The summed E-state index contributed by atoms with van der Waals surface area (Å²) in [7, 11) is 0. The molecule has 1 rings (SSSR count). The monoisotopic (exact) mass is 375 g/mol. The summed E-state index contributed by atoms with van der Waals surface area (Å²) in [6.45, 7) is 4.77. The van der Waals surface area contributed by atoms with Crippen molar-refractivity contribution in [2.45, 2.75) is 58.5 Å². The van der Waals surface area contributed by atoms with Crippen LogP contribution in [-0.2, 0) is 9.47 Å². The Bertz CT molecular complexity index is 637. The lowest BCUT2D eigenvalue weighted by Gasteiger charge is -2.25. The van der Waals surface area contributed by atoms with E-state index in [0.717, 1.165) is 19.0 Å². The highest BCUT2D eigenvalue weighted by molar-refractivity contribution is 5.83. The van der Waals surface area contributed by atoms with E-state index in [-0.39, 0.29) is 6.61 Å². The number of unbranched alkanes of at least 4 members (excludes halogenated alkanes) is 2. The standard InChI is InChI=1S/C16H26FN3O6/c1-4-5-6-7-25-16(24)19-13-11(17)8-20(15(23)18-13)14(12(22)9-21)26-10(2)3/h8,10,12,14,21-22H,4-7,9H2,1-3H3,(H,18,19,23,24)/t12?,14-/m1/s1. The van der Waals surface area contributed by atoms with Crippen LogP contribution >= 0.6 is 0 Å². The Labute approximate surface area is 150 Å². The van der Waals surface area contributed by atoms with Gasteiger partial charge >= 0.3 is 11.8 Å². The number of aliphatic hydroxyl groups excluding tert-OH is 2. The Kier molecular flexibility index (Phi) is 9.17. The van der Waals surface area contributed by atoms with Crippen molar-refractivity contribution < 1.29 is 28.9 Å². The molecule has 0 aliphatic rings. The number of halogens is 1. The van der Waals surface area contributed by atoms with Crippen LogP contribution in [0.4, 0.5) is 15.0 Å². The SMILES string of the molecule is CCCCCOC(=O)Nc1nc(=O)n([C@H](OC(C)C)C(O)CO)cc1F. The Morgan fingerprint density at radius 3 is 2.69 bits per heavy atom. The molecule has 148 valence electrons. The van der Waals surface area contributed by atoms with Crippen LogP contribution < -0.4 is 11.0 Å². The summed E-state index contributed by atoms with van der Waals surface area (Å²) >= 11 is 0. The second kappa shape index (κ2) is 10.8. The average Bonchev–Trinajstić information content (AvgIpc) is 2.59. The normalized spacial score (nSPS) is 13.5. The summed E-state index contributed by atoms with van der Waals surface area (Å²) in [5.74, 6) is -1.61. The number of hydrogen-bond donors (Lipinski definition) is 3. The van der Waals surface area contributed by atoms with Crippen LogP contribution in [0.3, 0.4) is 0 Å². The number of ether oxygens (including phenoxy) is 2. The lowest BCUT2D eigenvalue weighted by molar-refractivity contribution is -0.122. The van der Waals surface area contributed by atoms with Gasteiger partial charge in [0, 0.05) is 0 Å². The van der Waals surface area contributed by atoms with Crippen molar-refractivity contribution in [2.24, 2.45) is 0 Å². The molecule has 0 aliphatic carbocycles. The quantitative estimate of drug-likeness (QED) is 0.528. The van der Waals surface area contributed by atoms with Crippen LogP contribution in [-0.4, -0.2) is 51.3 Å². The van der Waals surface area contributed by atoms with Gasteiger partial charge in [0.15, 0.2) is 17.9 Å². The number of amides is 1. The molecule has 1 heterocycles. The van der Waals surface area contributed by atoms with Gasteiger partial charge < -0.3 is 19.7 Å². The number of aromatic nitrogens is 2. The van der Waals surface area contributed by atoms with Gasteiger partial charge in [-0.1, -0.05) is 19.8 Å². The van der Waals surface area contributed by atoms with E-state index in [1.165, 1.54) is 0 Å². The largest absolute Gasteiger partial charge is 0.449 e. The van der Waals surface area contributed by atoms with Crippen molar-refractivity contribution in [1.82, 2.24) is 9.55 Å². The topological polar surface area (TPSA) is 123 Å². The number of nitrogens with one attached hydrogen (secondary N) is 1. The van der Waals surface area contributed by atoms with Gasteiger partial charge in [0.05, 0.1) is 25.5 Å². The van der Waals surface area contributed by atoms with Gasteiger partial charge in [-0.05, 0) is 20.3 Å². The summed E-state index contributed by atoms with van der Waals surface area (Å²) in [6, 6.07) is 0. The number of nitrogens with zero attached hydrogens (tertiary/aromatic N) is 2. The minimum absolute atomic E-state index is 0.172. The third kappa shape index (κ3) is 6.70. The summed E-state index contributed by atoms with van der Waals surface area (Å²) in [5, 5.41) is 21.0. The molecule has 0 bridgehead atoms. The van der Waals surface area contributed by atoms with Crippen molar-refractivity contribution in [3.05, 3.63) is 22.5 Å². The van der Waals surface area contributed by atoms with E-state index >= 15 is 0 Å². The molecular weight excluding hydrogens is 349 g/mol. The molecule has 3 N–H and O–H groups in total.